The summed E-state index contributed by atoms with van der Waals surface area (Å²) < 4.78 is 10.7. The number of carbonyl (C=O) groups is 4. The first-order valence-electron chi connectivity index (χ1n) is 10.2. The van der Waals surface area contributed by atoms with E-state index in [-0.39, 0.29) is 23.7 Å². The number of furan rings is 1. The summed E-state index contributed by atoms with van der Waals surface area (Å²) in [7, 11) is 0. The first-order valence-corrected chi connectivity index (χ1v) is 10.2. The Balaban J connectivity index is 1.27. The van der Waals surface area contributed by atoms with Gasteiger partial charge in [-0.05, 0) is 31.9 Å². The number of hydrogen-bond donors (Lipinski definition) is 1. The molecule has 2 aromatic rings. The molecule has 30 heavy (non-hydrogen) atoms. The Morgan fingerprint density at radius 2 is 1.83 bits per heavy atom. The zero-order valence-electron chi connectivity index (χ0n) is 16.8. The Labute approximate surface area is 173 Å². The molecule has 1 aliphatic carbocycles. The van der Waals surface area contributed by atoms with Gasteiger partial charge in [0.2, 0.25) is 11.8 Å². The van der Waals surface area contributed by atoms with E-state index in [4.69, 9.17) is 9.15 Å². The number of benzene rings is 1. The van der Waals surface area contributed by atoms with Gasteiger partial charge in [-0.15, -0.1) is 0 Å². The third-order valence-corrected chi connectivity index (χ3v) is 5.83. The Morgan fingerprint density at radius 3 is 2.50 bits per heavy atom. The SMILES string of the molecule is C[C@H](NC(=O)COC(=O)CN1C(=O)[C@H]2CCCC[C@H]2C1=O)c1cc2ccccc2o1. The molecule has 4 rings (SSSR count). The topological polar surface area (TPSA) is 106 Å². The Bertz CT molecular complexity index is 939. The summed E-state index contributed by atoms with van der Waals surface area (Å²) in [6, 6.07) is 8.95. The molecular weight excluding hydrogens is 388 g/mol. The minimum absolute atomic E-state index is 0.301. The second-order valence-electron chi connectivity index (χ2n) is 7.90. The van der Waals surface area contributed by atoms with Crippen LogP contribution in [0.1, 0.15) is 44.4 Å². The van der Waals surface area contributed by atoms with Gasteiger partial charge in [0.25, 0.3) is 5.91 Å². The number of para-hydroxylation sites is 1. The van der Waals surface area contributed by atoms with E-state index in [1.807, 2.05) is 30.3 Å². The van der Waals surface area contributed by atoms with Gasteiger partial charge in [0, 0.05) is 5.39 Å². The van der Waals surface area contributed by atoms with Crippen LogP contribution in [0.25, 0.3) is 11.0 Å². The van der Waals surface area contributed by atoms with E-state index < -0.39 is 31.1 Å². The van der Waals surface area contributed by atoms with Crippen molar-refractivity contribution in [1.82, 2.24) is 10.2 Å². The van der Waals surface area contributed by atoms with Crippen LogP contribution < -0.4 is 5.32 Å². The van der Waals surface area contributed by atoms with Gasteiger partial charge in [0.1, 0.15) is 17.9 Å². The van der Waals surface area contributed by atoms with E-state index in [1.54, 1.807) is 6.92 Å². The first-order chi connectivity index (χ1) is 14.4. The number of amides is 3. The highest BCUT2D eigenvalue weighted by molar-refractivity contribution is 6.07. The number of nitrogens with zero attached hydrogens (tertiary/aromatic N) is 1. The molecule has 3 amide bonds. The number of rotatable bonds is 6. The van der Waals surface area contributed by atoms with Gasteiger partial charge in [-0.3, -0.25) is 24.1 Å². The van der Waals surface area contributed by atoms with Gasteiger partial charge in [-0.25, -0.2) is 0 Å². The average Bonchev–Trinajstić information content (AvgIpc) is 3.28. The lowest BCUT2D eigenvalue weighted by molar-refractivity contribution is -0.155. The second-order valence-corrected chi connectivity index (χ2v) is 7.90. The molecule has 2 heterocycles. The average molecular weight is 412 g/mol. The molecule has 2 aliphatic rings. The van der Waals surface area contributed by atoms with Crippen molar-refractivity contribution in [3.05, 3.63) is 36.1 Å². The molecule has 0 radical (unpaired) electrons. The number of hydrogen-bond acceptors (Lipinski definition) is 6. The normalized spacial score (nSPS) is 22.1. The summed E-state index contributed by atoms with van der Waals surface area (Å²) in [6.45, 7) is 0.824. The number of likely N-dealkylation sites (tertiary alicyclic amines) is 1. The maximum absolute atomic E-state index is 12.4. The van der Waals surface area contributed by atoms with Crippen LogP contribution in [0.3, 0.4) is 0 Å². The standard InChI is InChI=1S/C22H24N2O6/c1-13(18-10-14-6-2-5-9-17(14)30-18)23-19(25)12-29-20(26)11-24-21(27)15-7-3-4-8-16(15)22(24)28/h2,5-6,9-10,13,15-16H,3-4,7-8,11-12H2,1H3,(H,23,25)/t13-,15-,16+/m0/s1. The molecule has 158 valence electrons. The fraction of sp³-hybridized carbons (Fsp3) is 0.455. The van der Waals surface area contributed by atoms with Crippen LogP contribution in [0.4, 0.5) is 0 Å². The van der Waals surface area contributed by atoms with Gasteiger partial charge >= 0.3 is 5.97 Å². The van der Waals surface area contributed by atoms with Gasteiger partial charge < -0.3 is 14.5 Å². The first kappa shape index (κ1) is 20.1. The zero-order valence-corrected chi connectivity index (χ0v) is 16.8. The van der Waals surface area contributed by atoms with Crippen LogP contribution in [0.15, 0.2) is 34.7 Å². The summed E-state index contributed by atoms with van der Waals surface area (Å²) in [4.78, 5) is 50.0. The maximum atomic E-state index is 12.4. The number of ether oxygens (including phenoxy) is 1. The molecule has 1 saturated heterocycles. The predicted octanol–water partition coefficient (Wildman–Crippen LogP) is 2.33. The van der Waals surface area contributed by atoms with Gasteiger partial charge in [-0.2, -0.15) is 0 Å². The number of fused-ring (bicyclic) bond motifs is 2. The van der Waals surface area contributed by atoms with Crippen LogP contribution in [0, 0.1) is 11.8 Å². The van der Waals surface area contributed by atoms with E-state index >= 15 is 0 Å². The lowest BCUT2D eigenvalue weighted by Crippen LogP contribution is -2.38. The van der Waals surface area contributed by atoms with Gasteiger partial charge in [0.15, 0.2) is 6.61 Å². The number of carbonyl (C=O) groups excluding carboxylic acids is 4. The minimum Gasteiger partial charge on any atom is -0.459 e. The highest BCUT2D eigenvalue weighted by Crippen LogP contribution is 2.37. The lowest BCUT2D eigenvalue weighted by Gasteiger charge is -2.19. The third-order valence-electron chi connectivity index (χ3n) is 5.83. The fourth-order valence-corrected chi connectivity index (χ4v) is 4.28. The Kier molecular flexibility index (Phi) is 5.57. The maximum Gasteiger partial charge on any atom is 0.326 e. The molecule has 1 aliphatic heterocycles. The van der Waals surface area contributed by atoms with Crippen LogP contribution >= 0.6 is 0 Å². The number of esters is 1. The molecule has 0 spiro atoms. The molecule has 8 heteroatoms. The molecule has 0 bridgehead atoms. The van der Waals surface area contributed by atoms with E-state index in [1.165, 1.54) is 0 Å². The van der Waals surface area contributed by atoms with Crippen LogP contribution in [0.2, 0.25) is 0 Å². The van der Waals surface area contributed by atoms with Crippen molar-refractivity contribution < 1.29 is 28.3 Å². The fourth-order valence-electron chi connectivity index (χ4n) is 4.28. The summed E-state index contributed by atoms with van der Waals surface area (Å²) in [6.07, 6.45) is 3.20. The summed E-state index contributed by atoms with van der Waals surface area (Å²) in [5.74, 6) is -1.91. The molecule has 2 fully saturated rings. The smallest absolute Gasteiger partial charge is 0.326 e. The Morgan fingerprint density at radius 1 is 1.17 bits per heavy atom. The Hall–Kier alpha value is -3.16. The van der Waals surface area contributed by atoms with Crippen molar-refractivity contribution in [2.24, 2.45) is 11.8 Å². The highest BCUT2D eigenvalue weighted by atomic mass is 16.5. The summed E-state index contributed by atoms with van der Waals surface area (Å²) in [5.41, 5.74) is 0.723. The van der Waals surface area contributed by atoms with Crippen LogP contribution in [-0.4, -0.2) is 41.7 Å². The highest BCUT2D eigenvalue weighted by Gasteiger charge is 2.48. The van der Waals surface area contributed by atoms with Crippen molar-refractivity contribution in [3.8, 4) is 0 Å². The molecule has 8 nitrogen and oxygen atoms in total. The van der Waals surface area contributed by atoms with E-state index in [2.05, 4.69) is 5.32 Å². The monoisotopic (exact) mass is 412 g/mol. The summed E-state index contributed by atoms with van der Waals surface area (Å²) in [5, 5.41) is 3.64. The molecule has 1 aromatic carbocycles. The van der Waals surface area contributed by atoms with E-state index in [9.17, 15) is 19.2 Å². The molecule has 1 saturated carbocycles. The van der Waals surface area contributed by atoms with Crippen molar-refractivity contribution in [3.63, 3.8) is 0 Å². The third kappa shape index (κ3) is 3.94. The van der Waals surface area contributed by atoms with Crippen molar-refractivity contribution in [1.29, 1.82) is 0 Å². The van der Waals surface area contributed by atoms with Gasteiger partial charge in [-0.1, -0.05) is 31.0 Å². The van der Waals surface area contributed by atoms with Crippen molar-refractivity contribution in [2.45, 2.75) is 38.6 Å². The van der Waals surface area contributed by atoms with Gasteiger partial charge in [0.05, 0.1) is 17.9 Å². The minimum atomic E-state index is -0.776. The number of nitrogens with one attached hydrogen (secondary N) is 1. The lowest BCUT2D eigenvalue weighted by atomic mass is 9.81. The van der Waals surface area contributed by atoms with Crippen LogP contribution in [0.5, 0.6) is 0 Å². The van der Waals surface area contributed by atoms with Crippen molar-refractivity contribution in [2.75, 3.05) is 13.2 Å². The zero-order chi connectivity index (χ0) is 21.3. The second kappa shape index (κ2) is 8.30. The molecule has 3 atom stereocenters. The molecular formula is C22H24N2O6. The molecule has 0 unspecified atom stereocenters. The van der Waals surface area contributed by atoms with Crippen LogP contribution in [-0.2, 0) is 23.9 Å². The molecule has 1 aromatic heterocycles. The summed E-state index contributed by atoms with van der Waals surface area (Å²) >= 11 is 0. The molecule has 1 N–H and O–H groups in total. The quantitative estimate of drug-likeness (QED) is 0.577. The van der Waals surface area contributed by atoms with E-state index in [0.29, 0.717) is 18.6 Å². The van der Waals surface area contributed by atoms with E-state index in [0.717, 1.165) is 28.7 Å². The number of imide groups is 1. The predicted molar refractivity (Wildman–Crippen MR) is 106 cm³/mol. The van der Waals surface area contributed by atoms with Crippen molar-refractivity contribution >= 4 is 34.7 Å². The largest absolute Gasteiger partial charge is 0.459 e.